The molecule has 2 bridgehead atoms. The van der Waals surface area contributed by atoms with Crippen LogP contribution in [-0.2, 0) is 0 Å². The number of thiophene rings is 1. The van der Waals surface area contributed by atoms with Crippen molar-refractivity contribution in [3.63, 3.8) is 0 Å². The maximum atomic E-state index is 6.38. The first-order valence-electron chi connectivity index (χ1n) is 6.65. The Balaban J connectivity index is 1.65. The molecular formula is C14H20BrNS. The monoisotopic (exact) mass is 313 g/mol. The van der Waals surface area contributed by atoms with E-state index in [1.165, 1.54) is 46.3 Å². The highest BCUT2D eigenvalue weighted by molar-refractivity contribution is 9.10. The molecule has 1 nitrogen and oxygen atoms in total. The second-order valence-electron chi connectivity index (χ2n) is 5.83. The molecule has 2 fully saturated rings. The van der Waals surface area contributed by atoms with E-state index in [0.717, 1.165) is 17.8 Å². The van der Waals surface area contributed by atoms with E-state index in [2.05, 4.69) is 28.9 Å². The number of rotatable bonds is 3. The fourth-order valence-electron chi connectivity index (χ4n) is 3.77. The molecule has 4 atom stereocenters. The molecule has 0 aromatic carbocycles. The SMILES string of the molecule is Cc1sc(C(N)CC2CC3CCC2C3)cc1Br. The van der Waals surface area contributed by atoms with Crippen LogP contribution in [0, 0.1) is 24.7 Å². The fraction of sp³-hybridized carbons (Fsp3) is 0.714. The third-order valence-corrected chi connectivity index (χ3v) is 6.95. The molecule has 3 heteroatoms. The standard InChI is InChI=1S/C14H20BrNS/c1-8-12(15)7-14(17-8)13(16)6-11-5-9-2-3-10(11)4-9/h7,9-11,13H,2-6,16H2,1H3. The minimum atomic E-state index is 0.259. The van der Waals surface area contributed by atoms with Crippen LogP contribution < -0.4 is 5.73 Å². The Morgan fingerprint density at radius 2 is 2.29 bits per heavy atom. The molecule has 2 saturated carbocycles. The highest BCUT2D eigenvalue weighted by Gasteiger charge is 2.39. The molecule has 0 saturated heterocycles. The summed E-state index contributed by atoms with van der Waals surface area (Å²) >= 11 is 5.44. The van der Waals surface area contributed by atoms with Gasteiger partial charge in [-0.3, -0.25) is 0 Å². The first kappa shape index (κ1) is 12.2. The predicted octanol–water partition coefficient (Wildman–Crippen LogP) is 4.65. The van der Waals surface area contributed by atoms with Crippen LogP contribution in [-0.4, -0.2) is 0 Å². The van der Waals surface area contributed by atoms with Gasteiger partial charge in [0.25, 0.3) is 0 Å². The van der Waals surface area contributed by atoms with Crippen molar-refractivity contribution in [2.45, 2.75) is 45.1 Å². The minimum Gasteiger partial charge on any atom is -0.323 e. The largest absolute Gasteiger partial charge is 0.323 e. The smallest absolute Gasteiger partial charge is 0.0393 e. The average molecular weight is 314 g/mol. The fourth-order valence-corrected chi connectivity index (χ4v) is 5.35. The summed E-state index contributed by atoms with van der Waals surface area (Å²) in [6, 6.07) is 2.48. The number of halogens is 1. The first-order chi connectivity index (χ1) is 8.13. The second kappa shape index (κ2) is 4.67. The molecule has 0 aliphatic heterocycles. The molecule has 2 aliphatic carbocycles. The molecule has 2 aliphatic rings. The summed E-state index contributed by atoms with van der Waals surface area (Å²) in [4.78, 5) is 2.71. The van der Waals surface area contributed by atoms with Gasteiger partial charge in [0, 0.05) is 20.3 Å². The number of aryl methyl sites for hydroxylation is 1. The highest BCUT2D eigenvalue weighted by atomic mass is 79.9. The van der Waals surface area contributed by atoms with E-state index in [9.17, 15) is 0 Å². The van der Waals surface area contributed by atoms with Gasteiger partial charge in [-0.05, 0) is 72.4 Å². The van der Waals surface area contributed by atoms with Crippen LogP contribution in [0.1, 0.15) is 47.9 Å². The average Bonchev–Trinajstić information content (AvgIpc) is 2.95. The van der Waals surface area contributed by atoms with Gasteiger partial charge in [0.15, 0.2) is 0 Å². The van der Waals surface area contributed by atoms with Crippen LogP contribution in [0.25, 0.3) is 0 Å². The Kier molecular flexibility index (Phi) is 3.35. The quantitative estimate of drug-likeness (QED) is 0.864. The van der Waals surface area contributed by atoms with E-state index >= 15 is 0 Å². The van der Waals surface area contributed by atoms with E-state index in [1.807, 2.05) is 11.3 Å². The van der Waals surface area contributed by atoms with Crippen LogP contribution in [0.5, 0.6) is 0 Å². The van der Waals surface area contributed by atoms with Crippen molar-refractivity contribution in [3.8, 4) is 0 Å². The van der Waals surface area contributed by atoms with E-state index in [0.29, 0.717) is 0 Å². The molecule has 17 heavy (non-hydrogen) atoms. The van der Waals surface area contributed by atoms with Gasteiger partial charge in [-0.2, -0.15) is 0 Å². The summed E-state index contributed by atoms with van der Waals surface area (Å²) in [7, 11) is 0. The van der Waals surface area contributed by atoms with Gasteiger partial charge in [0.05, 0.1) is 0 Å². The van der Waals surface area contributed by atoms with Gasteiger partial charge in [-0.1, -0.05) is 6.42 Å². The zero-order valence-corrected chi connectivity index (χ0v) is 12.7. The van der Waals surface area contributed by atoms with Crippen LogP contribution in [0.3, 0.4) is 0 Å². The molecule has 0 spiro atoms. The topological polar surface area (TPSA) is 26.0 Å². The van der Waals surface area contributed by atoms with E-state index in [1.54, 1.807) is 0 Å². The van der Waals surface area contributed by atoms with Gasteiger partial charge in [-0.15, -0.1) is 11.3 Å². The highest BCUT2D eigenvalue weighted by Crippen LogP contribution is 2.51. The van der Waals surface area contributed by atoms with Crippen LogP contribution in [0.2, 0.25) is 0 Å². The molecule has 0 radical (unpaired) electrons. The van der Waals surface area contributed by atoms with E-state index in [4.69, 9.17) is 5.73 Å². The lowest BCUT2D eigenvalue weighted by Crippen LogP contribution is -2.18. The van der Waals surface area contributed by atoms with Gasteiger partial charge < -0.3 is 5.73 Å². The molecule has 4 unspecified atom stereocenters. The van der Waals surface area contributed by atoms with Crippen molar-refractivity contribution in [1.29, 1.82) is 0 Å². The number of fused-ring (bicyclic) bond motifs is 2. The van der Waals surface area contributed by atoms with Gasteiger partial charge in [0.1, 0.15) is 0 Å². The van der Waals surface area contributed by atoms with Crippen molar-refractivity contribution in [1.82, 2.24) is 0 Å². The maximum absolute atomic E-state index is 6.38. The summed E-state index contributed by atoms with van der Waals surface area (Å²) in [5.41, 5.74) is 6.38. The summed E-state index contributed by atoms with van der Waals surface area (Å²) in [6.45, 7) is 2.16. The van der Waals surface area contributed by atoms with Crippen molar-refractivity contribution < 1.29 is 0 Å². The van der Waals surface area contributed by atoms with Crippen molar-refractivity contribution in [2.75, 3.05) is 0 Å². The van der Waals surface area contributed by atoms with E-state index in [-0.39, 0.29) is 6.04 Å². The summed E-state index contributed by atoms with van der Waals surface area (Å²) in [6.07, 6.45) is 7.09. The van der Waals surface area contributed by atoms with Gasteiger partial charge >= 0.3 is 0 Å². The number of nitrogens with two attached hydrogens (primary N) is 1. The van der Waals surface area contributed by atoms with Gasteiger partial charge in [0.2, 0.25) is 0 Å². The number of hydrogen-bond donors (Lipinski definition) is 1. The Bertz CT molecular complexity index is 395. The lowest BCUT2D eigenvalue weighted by Gasteiger charge is -2.24. The lowest BCUT2D eigenvalue weighted by atomic mass is 9.84. The Morgan fingerprint density at radius 1 is 1.47 bits per heavy atom. The van der Waals surface area contributed by atoms with Crippen molar-refractivity contribution in [3.05, 3.63) is 20.3 Å². The lowest BCUT2D eigenvalue weighted by molar-refractivity contribution is 0.297. The Morgan fingerprint density at radius 3 is 2.82 bits per heavy atom. The molecule has 94 valence electrons. The predicted molar refractivity (Wildman–Crippen MR) is 77.2 cm³/mol. The molecule has 3 rings (SSSR count). The molecule has 1 aromatic heterocycles. The third-order valence-electron chi connectivity index (χ3n) is 4.68. The van der Waals surface area contributed by atoms with Crippen molar-refractivity contribution in [2.24, 2.45) is 23.5 Å². The second-order valence-corrected chi connectivity index (χ2v) is 7.97. The third kappa shape index (κ3) is 2.34. The normalized spacial score (nSPS) is 33.2. The molecule has 1 aromatic rings. The van der Waals surface area contributed by atoms with Gasteiger partial charge in [-0.25, -0.2) is 0 Å². The summed E-state index contributed by atoms with van der Waals surface area (Å²) < 4.78 is 1.22. The Labute approximate surface area is 116 Å². The molecule has 1 heterocycles. The van der Waals surface area contributed by atoms with Crippen LogP contribution >= 0.6 is 27.3 Å². The minimum absolute atomic E-state index is 0.259. The molecule has 2 N–H and O–H groups in total. The maximum Gasteiger partial charge on any atom is 0.0393 e. The van der Waals surface area contributed by atoms with Crippen LogP contribution in [0.15, 0.2) is 10.5 Å². The molecular weight excluding hydrogens is 294 g/mol. The van der Waals surface area contributed by atoms with Crippen molar-refractivity contribution >= 4 is 27.3 Å². The first-order valence-corrected chi connectivity index (χ1v) is 8.26. The summed E-state index contributed by atoms with van der Waals surface area (Å²) in [5, 5.41) is 0. The number of hydrogen-bond acceptors (Lipinski definition) is 2. The Hall–Kier alpha value is 0.140. The van der Waals surface area contributed by atoms with E-state index < -0.39 is 0 Å². The van der Waals surface area contributed by atoms with Crippen LogP contribution in [0.4, 0.5) is 0 Å². The zero-order valence-electron chi connectivity index (χ0n) is 10.3. The molecule has 0 amide bonds. The summed E-state index contributed by atoms with van der Waals surface area (Å²) in [5.74, 6) is 2.94. The zero-order chi connectivity index (χ0) is 12.0.